The Labute approximate surface area is 154 Å². The molecule has 0 aliphatic heterocycles. The van der Waals surface area contributed by atoms with Gasteiger partial charge in [0.2, 0.25) is 0 Å². The van der Waals surface area contributed by atoms with E-state index in [1.165, 1.54) is 30.5 Å². The fraction of sp³-hybridized carbons (Fsp3) is 0. The van der Waals surface area contributed by atoms with E-state index in [0.717, 1.165) is 11.1 Å². The van der Waals surface area contributed by atoms with Crippen LogP contribution in [0.1, 0.15) is 16.1 Å². The predicted molar refractivity (Wildman–Crippen MR) is 102 cm³/mol. The molecule has 0 atom stereocenters. The van der Waals surface area contributed by atoms with E-state index in [-0.39, 0.29) is 11.8 Å². The summed E-state index contributed by atoms with van der Waals surface area (Å²) >= 11 is 0. The maximum atomic E-state index is 12.4. The molecule has 0 saturated carbocycles. The Balaban J connectivity index is 1.65. The second kappa shape index (κ2) is 8.39. The average Bonchev–Trinajstić information content (AvgIpc) is 3.17. The quantitative estimate of drug-likeness (QED) is 0.402. The first kappa shape index (κ1) is 17.8. The number of carbonyl (C=O) groups excluding carboxylic acids is 1. The molecule has 0 aliphatic carbocycles. The number of nitrogens with one attached hydrogen (secondary N) is 1. The van der Waals surface area contributed by atoms with Crippen molar-refractivity contribution in [3.8, 4) is 11.1 Å². The molecule has 0 radical (unpaired) electrons. The molecule has 1 heterocycles. The lowest BCUT2D eigenvalue weighted by Gasteiger charge is -2.07. The zero-order chi connectivity index (χ0) is 19.1. The molecule has 0 fully saturated rings. The standard InChI is InChI=1S/C20H15N3O4/c24-20(18-11-5-4-10-17(18)15-7-2-1-3-8-15)22-21-14-6-9-16-12-13-19(27-16)23(25)26/h1-14H,(H,22,24)/b9-6+,21-14+. The monoisotopic (exact) mass is 361 g/mol. The molecule has 1 amide bonds. The van der Waals surface area contributed by atoms with Crippen molar-refractivity contribution in [2.24, 2.45) is 5.10 Å². The van der Waals surface area contributed by atoms with Crippen LogP contribution in [-0.2, 0) is 0 Å². The minimum absolute atomic E-state index is 0.314. The van der Waals surface area contributed by atoms with Crippen LogP contribution in [0.5, 0.6) is 0 Å². The zero-order valence-corrected chi connectivity index (χ0v) is 14.1. The fourth-order valence-electron chi connectivity index (χ4n) is 2.42. The highest BCUT2D eigenvalue weighted by molar-refractivity contribution is 6.01. The minimum atomic E-state index is -0.615. The minimum Gasteiger partial charge on any atom is -0.401 e. The number of benzene rings is 2. The van der Waals surface area contributed by atoms with Crippen molar-refractivity contribution in [2.75, 3.05) is 0 Å². The van der Waals surface area contributed by atoms with Crippen LogP contribution in [0.3, 0.4) is 0 Å². The van der Waals surface area contributed by atoms with Crippen LogP contribution in [0.4, 0.5) is 5.88 Å². The summed E-state index contributed by atoms with van der Waals surface area (Å²) in [6, 6.07) is 19.6. The number of nitrogens with zero attached hydrogens (tertiary/aromatic N) is 2. The van der Waals surface area contributed by atoms with Crippen molar-refractivity contribution < 1.29 is 14.1 Å². The molecule has 2 aromatic carbocycles. The van der Waals surface area contributed by atoms with Gasteiger partial charge in [0.1, 0.15) is 10.7 Å². The van der Waals surface area contributed by atoms with Crippen LogP contribution >= 0.6 is 0 Å². The molecule has 3 rings (SSSR count). The maximum Gasteiger partial charge on any atom is 0.433 e. The highest BCUT2D eigenvalue weighted by Gasteiger charge is 2.11. The molecule has 27 heavy (non-hydrogen) atoms. The number of rotatable bonds is 6. The summed E-state index contributed by atoms with van der Waals surface area (Å²) in [5.41, 5.74) is 4.71. The van der Waals surface area contributed by atoms with E-state index in [0.29, 0.717) is 11.3 Å². The molecular weight excluding hydrogens is 346 g/mol. The summed E-state index contributed by atoms with van der Waals surface area (Å²) in [6.07, 6.45) is 4.36. The Morgan fingerprint density at radius 3 is 2.52 bits per heavy atom. The van der Waals surface area contributed by atoms with E-state index >= 15 is 0 Å². The smallest absolute Gasteiger partial charge is 0.401 e. The summed E-state index contributed by atoms with van der Waals surface area (Å²) in [4.78, 5) is 22.3. The molecule has 7 nitrogen and oxygen atoms in total. The number of amides is 1. The highest BCUT2D eigenvalue weighted by Crippen LogP contribution is 2.23. The third kappa shape index (κ3) is 4.55. The molecule has 3 aromatic rings. The molecule has 0 saturated heterocycles. The number of allylic oxidation sites excluding steroid dienone is 1. The number of furan rings is 1. The molecule has 0 spiro atoms. The van der Waals surface area contributed by atoms with Gasteiger partial charge in [-0.25, -0.2) is 5.43 Å². The van der Waals surface area contributed by atoms with Crippen LogP contribution in [0, 0.1) is 10.1 Å². The maximum absolute atomic E-state index is 12.4. The largest absolute Gasteiger partial charge is 0.433 e. The number of hydrogen-bond acceptors (Lipinski definition) is 5. The normalized spacial score (nSPS) is 11.1. The zero-order valence-electron chi connectivity index (χ0n) is 14.1. The van der Waals surface area contributed by atoms with Gasteiger partial charge in [-0.1, -0.05) is 48.5 Å². The first-order chi connectivity index (χ1) is 13.1. The first-order valence-corrected chi connectivity index (χ1v) is 8.04. The number of hydrogen-bond donors (Lipinski definition) is 1. The second-order valence-electron chi connectivity index (χ2n) is 5.42. The SMILES string of the molecule is O=C(N/N=C/C=C/c1ccc([N+](=O)[O-])o1)c1ccccc1-c1ccccc1. The molecule has 134 valence electrons. The summed E-state index contributed by atoms with van der Waals surface area (Å²) in [5.74, 6) is -0.362. The first-order valence-electron chi connectivity index (χ1n) is 8.04. The summed E-state index contributed by atoms with van der Waals surface area (Å²) in [6.45, 7) is 0. The topological polar surface area (TPSA) is 97.7 Å². The van der Waals surface area contributed by atoms with Crippen LogP contribution < -0.4 is 5.43 Å². The van der Waals surface area contributed by atoms with Crippen molar-refractivity contribution in [3.05, 3.63) is 94.2 Å². The van der Waals surface area contributed by atoms with Crippen molar-refractivity contribution in [1.29, 1.82) is 0 Å². The predicted octanol–water partition coefficient (Wildman–Crippen LogP) is 4.28. The lowest BCUT2D eigenvalue weighted by molar-refractivity contribution is -0.402. The Bertz CT molecular complexity index is 1010. The van der Waals surface area contributed by atoms with E-state index in [1.807, 2.05) is 42.5 Å². The van der Waals surface area contributed by atoms with Gasteiger partial charge in [-0.2, -0.15) is 5.10 Å². The van der Waals surface area contributed by atoms with E-state index in [1.54, 1.807) is 12.1 Å². The third-order valence-corrected chi connectivity index (χ3v) is 3.64. The Kier molecular flexibility index (Phi) is 5.54. The number of hydrazone groups is 1. The van der Waals surface area contributed by atoms with Gasteiger partial charge in [-0.15, -0.1) is 0 Å². The van der Waals surface area contributed by atoms with Crippen molar-refractivity contribution in [1.82, 2.24) is 5.43 Å². The number of carbonyl (C=O) groups is 1. The molecular formula is C20H15N3O4. The second-order valence-corrected chi connectivity index (χ2v) is 5.42. The van der Waals surface area contributed by atoms with Crippen molar-refractivity contribution in [2.45, 2.75) is 0 Å². The molecule has 1 aromatic heterocycles. The average molecular weight is 361 g/mol. The van der Waals surface area contributed by atoms with Crippen LogP contribution in [-0.4, -0.2) is 17.0 Å². The summed E-state index contributed by atoms with van der Waals surface area (Å²) in [7, 11) is 0. The summed E-state index contributed by atoms with van der Waals surface area (Å²) < 4.78 is 4.97. The molecule has 0 aliphatic rings. The lowest BCUT2D eigenvalue weighted by Crippen LogP contribution is -2.18. The van der Waals surface area contributed by atoms with Gasteiger partial charge in [-0.3, -0.25) is 14.9 Å². The molecule has 7 heteroatoms. The molecule has 0 bridgehead atoms. The van der Waals surface area contributed by atoms with Crippen LogP contribution in [0.2, 0.25) is 0 Å². The Morgan fingerprint density at radius 2 is 1.78 bits per heavy atom. The highest BCUT2D eigenvalue weighted by atomic mass is 16.6. The fourth-order valence-corrected chi connectivity index (χ4v) is 2.42. The van der Waals surface area contributed by atoms with Crippen LogP contribution in [0.25, 0.3) is 17.2 Å². The van der Waals surface area contributed by atoms with Gasteiger partial charge in [0.15, 0.2) is 0 Å². The van der Waals surface area contributed by atoms with Gasteiger partial charge in [0.05, 0.1) is 6.07 Å². The third-order valence-electron chi connectivity index (χ3n) is 3.64. The van der Waals surface area contributed by atoms with Crippen LogP contribution in [0.15, 0.2) is 82.3 Å². The van der Waals surface area contributed by atoms with E-state index in [2.05, 4.69) is 10.5 Å². The molecule has 0 unspecified atom stereocenters. The van der Waals surface area contributed by atoms with Gasteiger partial charge in [0, 0.05) is 11.8 Å². The number of nitro groups is 1. The Morgan fingerprint density at radius 1 is 1.04 bits per heavy atom. The Hall–Kier alpha value is -4.00. The van der Waals surface area contributed by atoms with Crippen molar-refractivity contribution in [3.63, 3.8) is 0 Å². The molecule has 1 N–H and O–H groups in total. The van der Waals surface area contributed by atoms with Gasteiger partial charge < -0.3 is 4.42 Å². The van der Waals surface area contributed by atoms with E-state index in [9.17, 15) is 14.9 Å². The summed E-state index contributed by atoms with van der Waals surface area (Å²) in [5, 5.41) is 14.4. The van der Waals surface area contributed by atoms with Gasteiger partial charge >= 0.3 is 5.88 Å². The van der Waals surface area contributed by atoms with Crippen molar-refractivity contribution >= 4 is 24.1 Å². The van der Waals surface area contributed by atoms with Gasteiger partial charge in [0.25, 0.3) is 5.91 Å². The van der Waals surface area contributed by atoms with E-state index < -0.39 is 4.92 Å². The lowest BCUT2D eigenvalue weighted by atomic mass is 9.99. The van der Waals surface area contributed by atoms with E-state index in [4.69, 9.17) is 4.42 Å². The van der Waals surface area contributed by atoms with Gasteiger partial charge in [-0.05, 0) is 35.4 Å².